The predicted molar refractivity (Wildman–Crippen MR) is 75.4 cm³/mol. The molecule has 1 aliphatic rings. The van der Waals surface area contributed by atoms with Gasteiger partial charge in [0.1, 0.15) is 5.97 Å². The summed E-state index contributed by atoms with van der Waals surface area (Å²) >= 11 is 0. The number of nitrogens with one attached hydrogen (secondary N) is 1. The minimum atomic E-state index is -1.72. The zero-order valence-electron chi connectivity index (χ0n) is 12.4. The maximum absolute atomic E-state index is 11.2. The molecule has 2 rings (SSSR count). The minimum Gasteiger partial charge on any atom is -0.540 e. The highest BCUT2D eigenvalue weighted by Gasteiger charge is 2.36. The fourth-order valence-corrected chi connectivity index (χ4v) is 2.85. The zero-order valence-corrected chi connectivity index (χ0v) is 12.4. The fraction of sp³-hybridized carbons (Fsp3) is 0.500. The first-order valence-corrected chi connectivity index (χ1v) is 6.81. The van der Waals surface area contributed by atoms with Gasteiger partial charge in [-0.1, -0.05) is 33.8 Å². The van der Waals surface area contributed by atoms with Crippen LogP contribution in [0.5, 0.6) is 0 Å². The van der Waals surface area contributed by atoms with E-state index in [4.69, 9.17) is 0 Å². The molecule has 108 valence electrons. The van der Waals surface area contributed by atoms with Gasteiger partial charge in [-0.15, -0.1) is 0 Å². The largest absolute Gasteiger partial charge is 0.540 e. The molecule has 0 heterocycles. The predicted octanol–water partition coefficient (Wildman–Crippen LogP) is 1.72. The fourth-order valence-electron chi connectivity index (χ4n) is 2.85. The van der Waals surface area contributed by atoms with E-state index in [0.717, 1.165) is 12.8 Å². The molecule has 0 saturated carbocycles. The van der Waals surface area contributed by atoms with Crippen molar-refractivity contribution in [3.8, 4) is 0 Å². The lowest BCUT2D eigenvalue weighted by molar-refractivity contribution is -0.299. The maximum Gasteiger partial charge on any atom is 0.271 e. The zero-order chi connectivity index (χ0) is 15.1. The topological polar surface area (TPSA) is 69.2 Å². The Labute approximate surface area is 119 Å². The van der Waals surface area contributed by atoms with Gasteiger partial charge in [-0.25, -0.2) is 0 Å². The quantitative estimate of drug-likeness (QED) is 0.793. The van der Waals surface area contributed by atoms with Gasteiger partial charge in [-0.05, 0) is 46.9 Å². The summed E-state index contributed by atoms with van der Waals surface area (Å²) in [4.78, 5) is 21.7. The van der Waals surface area contributed by atoms with Gasteiger partial charge < -0.3 is 15.2 Å². The third-order valence-electron chi connectivity index (χ3n) is 4.30. The van der Waals surface area contributed by atoms with Crippen LogP contribution in [-0.2, 0) is 20.4 Å². The van der Waals surface area contributed by atoms with Crippen LogP contribution in [0.3, 0.4) is 0 Å². The van der Waals surface area contributed by atoms with Crippen LogP contribution in [0, 0.1) is 0 Å². The van der Waals surface area contributed by atoms with Gasteiger partial charge in [0.15, 0.2) is 0 Å². The van der Waals surface area contributed by atoms with Gasteiger partial charge >= 0.3 is 0 Å². The molecule has 0 spiro atoms. The van der Waals surface area contributed by atoms with Crippen LogP contribution in [0.15, 0.2) is 18.2 Å². The van der Waals surface area contributed by atoms with Gasteiger partial charge in [0.2, 0.25) is 0 Å². The summed E-state index contributed by atoms with van der Waals surface area (Å²) in [5, 5.41) is 12.9. The van der Waals surface area contributed by atoms with Crippen LogP contribution in [0.25, 0.3) is 0 Å². The molecule has 1 amide bonds. The molecule has 1 aliphatic carbocycles. The first-order chi connectivity index (χ1) is 9.13. The minimum absolute atomic E-state index is 0.0209. The smallest absolute Gasteiger partial charge is 0.271 e. The SMILES string of the molecule is CC1(C)CCC(C)(C)c2cc(NC(=O)C(=O)[O-])ccc21. The normalized spacial score (nSPS) is 19.0. The van der Waals surface area contributed by atoms with E-state index < -0.39 is 11.9 Å². The van der Waals surface area contributed by atoms with Crippen molar-refractivity contribution in [1.82, 2.24) is 0 Å². The lowest BCUT2D eigenvalue weighted by Crippen LogP contribution is -2.37. The molecule has 0 aliphatic heterocycles. The molecule has 20 heavy (non-hydrogen) atoms. The second-order valence-electron chi connectivity index (χ2n) is 6.77. The molecule has 0 aromatic heterocycles. The number of anilines is 1. The number of benzene rings is 1. The Kier molecular flexibility index (Phi) is 3.36. The van der Waals surface area contributed by atoms with E-state index in [0.29, 0.717) is 5.69 Å². The summed E-state index contributed by atoms with van der Waals surface area (Å²) in [5.41, 5.74) is 3.06. The molecule has 0 fully saturated rings. The van der Waals surface area contributed by atoms with Crippen molar-refractivity contribution in [3.05, 3.63) is 29.3 Å². The van der Waals surface area contributed by atoms with Gasteiger partial charge in [0, 0.05) is 5.69 Å². The van der Waals surface area contributed by atoms with Crippen LogP contribution in [-0.4, -0.2) is 11.9 Å². The van der Waals surface area contributed by atoms with Crippen molar-refractivity contribution in [2.24, 2.45) is 0 Å². The summed E-state index contributed by atoms with van der Waals surface area (Å²) in [6, 6.07) is 5.63. The number of carbonyl (C=O) groups is 2. The average Bonchev–Trinajstić information content (AvgIpc) is 2.35. The number of hydrogen-bond donors (Lipinski definition) is 1. The van der Waals surface area contributed by atoms with E-state index in [1.54, 1.807) is 6.07 Å². The molecule has 4 heteroatoms. The first kappa shape index (κ1) is 14.6. The van der Waals surface area contributed by atoms with Crippen LogP contribution in [0.1, 0.15) is 51.7 Å². The van der Waals surface area contributed by atoms with Crippen LogP contribution < -0.4 is 10.4 Å². The second kappa shape index (κ2) is 4.62. The molecule has 1 aromatic carbocycles. The average molecular weight is 274 g/mol. The molecule has 4 nitrogen and oxygen atoms in total. The van der Waals surface area contributed by atoms with Gasteiger partial charge in [0.25, 0.3) is 5.91 Å². The number of amides is 1. The van der Waals surface area contributed by atoms with E-state index in [9.17, 15) is 14.7 Å². The molecule has 1 aromatic rings. The van der Waals surface area contributed by atoms with Gasteiger partial charge in [0.05, 0.1) is 0 Å². The Morgan fingerprint density at radius 2 is 1.60 bits per heavy atom. The van der Waals surface area contributed by atoms with Crippen molar-refractivity contribution in [3.63, 3.8) is 0 Å². The number of aliphatic carboxylic acids is 1. The molecule has 0 radical (unpaired) electrons. The molecule has 0 unspecified atom stereocenters. The number of rotatable bonds is 1. The lowest BCUT2D eigenvalue weighted by atomic mass is 9.63. The highest BCUT2D eigenvalue weighted by molar-refractivity contribution is 6.35. The van der Waals surface area contributed by atoms with E-state index in [1.165, 1.54) is 11.1 Å². The van der Waals surface area contributed by atoms with Crippen molar-refractivity contribution >= 4 is 17.6 Å². The van der Waals surface area contributed by atoms with E-state index in [2.05, 4.69) is 33.0 Å². The van der Waals surface area contributed by atoms with Crippen molar-refractivity contribution in [2.45, 2.75) is 51.4 Å². The highest BCUT2D eigenvalue weighted by atomic mass is 16.4. The number of fused-ring (bicyclic) bond motifs is 1. The molecular weight excluding hydrogens is 254 g/mol. The van der Waals surface area contributed by atoms with Crippen molar-refractivity contribution < 1.29 is 14.7 Å². The van der Waals surface area contributed by atoms with Crippen LogP contribution >= 0.6 is 0 Å². The van der Waals surface area contributed by atoms with Crippen molar-refractivity contribution in [1.29, 1.82) is 0 Å². The van der Waals surface area contributed by atoms with Gasteiger partial charge in [-0.3, -0.25) is 4.79 Å². The van der Waals surface area contributed by atoms with Crippen LogP contribution in [0.2, 0.25) is 0 Å². The van der Waals surface area contributed by atoms with E-state index >= 15 is 0 Å². The lowest BCUT2D eigenvalue weighted by Gasteiger charge is -2.42. The molecule has 1 N–H and O–H groups in total. The third-order valence-corrected chi connectivity index (χ3v) is 4.30. The number of carboxylic acids is 1. The Morgan fingerprint density at radius 1 is 1.05 bits per heavy atom. The van der Waals surface area contributed by atoms with E-state index in [-0.39, 0.29) is 10.8 Å². The Balaban J connectivity index is 2.43. The third kappa shape index (κ3) is 2.55. The van der Waals surface area contributed by atoms with E-state index in [1.807, 2.05) is 12.1 Å². The monoisotopic (exact) mass is 274 g/mol. The maximum atomic E-state index is 11.2. The van der Waals surface area contributed by atoms with Crippen molar-refractivity contribution in [2.75, 3.05) is 5.32 Å². The number of hydrogen-bond acceptors (Lipinski definition) is 3. The summed E-state index contributed by atoms with van der Waals surface area (Å²) in [6.07, 6.45) is 2.17. The standard InChI is InChI=1S/C16H21NO3/c1-15(2)7-8-16(3,4)12-9-10(5-6-11(12)15)17-13(18)14(19)20/h5-6,9H,7-8H2,1-4H3,(H,17,18)(H,19,20)/p-1. The Hall–Kier alpha value is -1.84. The number of carboxylic acid groups (broad SMARTS) is 1. The highest BCUT2D eigenvalue weighted by Crippen LogP contribution is 2.46. The molecule has 0 bridgehead atoms. The summed E-state index contributed by atoms with van der Waals surface area (Å²) in [6.45, 7) is 8.76. The Bertz CT molecular complexity index is 573. The molecular formula is C16H20NO3-. The second-order valence-corrected chi connectivity index (χ2v) is 6.77. The first-order valence-electron chi connectivity index (χ1n) is 6.81. The Morgan fingerprint density at radius 3 is 2.15 bits per heavy atom. The number of carbonyl (C=O) groups excluding carboxylic acids is 2. The molecule has 0 atom stereocenters. The van der Waals surface area contributed by atoms with Crippen LogP contribution in [0.4, 0.5) is 5.69 Å². The summed E-state index contributed by atoms with van der Waals surface area (Å²) < 4.78 is 0. The summed E-state index contributed by atoms with van der Waals surface area (Å²) in [7, 11) is 0. The van der Waals surface area contributed by atoms with Gasteiger partial charge in [-0.2, -0.15) is 0 Å². The molecule has 0 saturated heterocycles. The summed E-state index contributed by atoms with van der Waals surface area (Å²) in [5.74, 6) is -2.83.